The van der Waals surface area contributed by atoms with Crippen molar-refractivity contribution < 1.29 is 23.5 Å². The number of carbonyl (C=O) groups excluding carboxylic acids is 2. The summed E-state index contributed by atoms with van der Waals surface area (Å²) < 4.78 is 26.0. The molecule has 2 aliphatic heterocycles. The van der Waals surface area contributed by atoms with Crippen molar-refractivity contribution >= 4 is 28.9 Å². The molecule has 0 aliphatic carbocycles. The largest absolute Gasteiger partial charge is 0.493 e. The summed E-state index contributed by atoms with van der Waals surface area (Å²) in [6.45, 7) is 1.97. The molecule has 43 heavy (non-hydrogen) atoms. The van der Waals surface area contributed by atoms with Gasteiger partial charge in [-0.25, -0.2) is 4.39 Å². The van der Waals surface area contributed by atoms with Crippen LogP contribution in [-0.4, -0.2) is 43.7 Å². The standard InChI is InChI=1S/C33H31FN4O5/c1-42-29-13-11-25(16-30(29)43-2)35-33(41)22-8-12-28(26(15-22)36-32(40)21-6-9-24(34)10-7-21)37-17-20-14-23(19-37)27-4-3-5-31(39)38(27)18-20/h3-13,15-16,20,23H,14,17-19H2,1-2H3,(H,35,41)(H,36,40)/t20-,23+/m1/s1. The highest BCUT2D eigenvalue weighted by molar-refractivity contribution is 6.09. The molecule has 10 heteroatoms. The number of amides is 2. The molecule has 0 saturated carbocycles. The Morgan fingerprint density at radius 3 is 2.33 bits per heavy atom. The molecule has 3 aromatic carbocycles. The first-order valence-corrected chi connectivity index (χ1v) is 14.0. The Morgan fingerprint density at radius 1 is 0.814 bits per heavy atom. The quantitative estimate of drug-likeness (QED) is 0.313. The molecule has 0 radical (unpaired) electrons. The average molecular weight is 583 g/mol. The minimum Gasteiger partial charge on any atom is -0.493 e. The molecule has 2 N–H and O–H groups in total. The molecule has 2 aliphatic rings. The van der Waals surface area contributed by atoms with Crippen molar-refractivity contribution in [1.82, 2.24) is 4.57 Å². The Morgan fingerprint density at radius 2 is 1.56 bits per heavy atom. The number of piperidine rings is 1. The van der Waals surface area contributed by atoms with Gasteiger partial charge in [0, 0.05) is 60.2 Å². The predicted octanol–water partition coefficient (Wildman–Crippen LogP) is 5.13. The fourth-order valence-corrected chi connectivity index (χ4v) is 6.06. The average Bonchev–Trinajstić information content (AvgIpc) is 3.01. The Kier molecular flexibility index (Phi) is 7.58. The van der Waals surface area contributed by atoms with Crippen molar-refractivity contribution in [3.05, 3.63) is 112 Å². The normalized spacial score (nSPS) is 17.0. The molecule has 3 heterocycles. The lowest BCUT2D eigenvalue weighted by molar-refractivity contribution is 0.101. The van der Waals surface area contributed by atoms with E-state index in [2.05, 4.69) is 15.5 Å². The molecule has 4 aromatic rings. The summed E-state index contributed by atoms with van der Waals surface area (Å²) in [5, 5.41) is 5.83. The van der Waals surface area contributed by atoms with E-state index in [0.717, 1.165) is 17.8 Å². The first-order valence-electron chi connectivity index (χ1n) is 14.0. The summed E-state index contributed by atoms with van der Waals surface area (Å²) >= 11 is 0. The third kappa shape index (κ3) is 5.68. The lowest BCUT2D eigenvalue weighted by Crippen LogP contribution is -2.47. The van der Waals surface area contributed by atoms with Gasteiger partial charge in [-0.05, 0) is 73.0 Å². The zero-order valence-corrected chi connectivity index (χ0v) is 23.8. The van der Waals surface area contributed by atoms with Gasteiger partial charge in [-0.3, -0.25) is 14.4 Å². The fourth-order valence-electron chi connectivity index (χ4n) is 6.06. The van der Waals surface area contributed by atoms with Gasteiger partial charge in [0.15, 0.2) is 11.5 Å². The van der Waals surface area contributed by atoms with Crippen LogP contribution in [0.2, 0.25) is 0 Å². The van der Waals surface area contributed by atoms with Crippen LogP contribution in [0.1, 0.15) is 38.7 Å². The monoisotopic (exact) mass is 582 g/mol. The van der Waals surface area contributed by atoms with E-state index in [0.29, 0.717) is 48.1 Å². The van der Waals surface area contributed by atoms with E-state index in [4.69, 9.17) is 9.47 Å². The number of hydrogen-bond acceptors (Lipinski definition) is 6. The summed E-state index contributed by atoms with van der Waals surface area (Å²) in [4.78, 5) is 41.3. The SMILES string of the molecule is COc1ccc(NC(=O)c2ccc(N3C[C@H]4C[C@@H](C3)c3cccc(=O)n3C4)c(NC(=O)c3ccc(F)cc3)c2)cc1OC. The summed E-state index contributed by atoms with van der Waals surface area (Å²) in [6.07, 6.45) is 0.975. The Labute approximate surface area is 247 Å². The van der Waals surface area contributed by atoms with E-state index in [1.54, 1.807) is 42.5 Å². The van der Waals surface area contributed by atoms with Gasteiger partial charge >= 0.3 is 0 Å². The Bertz CT molecular complexity index is 1750. The number of fused-ring (bicyclic) bond motifs is 4. The molecule has 0 spiro atoms. The van der Waals surface area contributed by atoms with Crippen molar-refractivity contribution in [2.75, 3.05) is 42.8 Å². The molecule has 6 rings (SSSR count). The summed E-state index contributed by atoms with van der Waals surface area (Å²) in [7, 11) is 3.05. The van der Waals surface area contributed by atoms with Crippen LogP contribution >= 0.6 is 0 Å². The number of methoxy groups -OCH3 is 2. The summed E-state index contributed by atoms with van der Waals surface area (Å²) in [6, 6.07) is 21.0. The van der Waals surface area contributed by atoms with Gasteiger partial charge < -0.3 is 29.6 Å². The number of nitrogens with zero attached hydrogens (tertiary/aromatic N) is 2. The van der Waals surface area contributed by atoms with Crippen molar-refractivity contribution in [2.45, 2.75) is 18.9 Å². The van der Waals surface area contributed by atoms with Crippen LogP contribution in [0.3, 0.4) is 0 Å². The second-order valence-corrected chi connectivity index (χ2v) is 10.8. The molecule has 2 atom stereocenters. The smallest absolute Gasteiger partial charge is 0.255 e. The summed E-state index contributed by atoms with van der Waals surface area (Å²) in [5.74, 6) is 0.171. The lowest BCUT2D eigenvalue weighted by Gasteiger charge is -2.44. The number of rotatable bonds is 7. The molecule has 2 bridgehead atoms. The maximum Gasteiger partial charge on any atom is 0.255 e. The fraction of sp³-hybridized carbons (Fsp3) is 0.242. The van der Waals surface area contributed by atoms with Gasteiger partial charge in [0.25, 0.3) is 17.4 Å². The van der Waals surface area contributed by atoms with E-state index in [9.17, 15) is 18.8 Å². The van der Waals surface area contributed by atoms with Crippen LogP contribution in [0.5, 0.6) is 11.5 Å². The van der Waals surface area contributed by atoms with Crippen LogP contribution < -0.4 is 30.6 Å². The first kappa shape index (κ1) is 28.0. The number of anilines is 3. The highest BCUT2D eigenvalue weighted by Crippen LogP contribution is 2.39. The van der Waals surface area contributed by atoms with Crippen LogP contribution in [0.15, 0.2) is 83.7 Å². The highest BCUT2D eigenvalue weighted by atomic mass is 19.1. The molecule has 1 saturated heterocycles. The third-order valence-corrected chi connectivity index (χ3v) is 8.08. The molecule has 1 aromatic heterocycles. The molecule has 2 amide bonds. The van der Waals surface area contributed by atoms with Crippen LogP contribution in [0.25, 0.3) is 0 Å². The molecule has 0 unspecified atom stereocenters. The van der Waals surface area contributed by atoms with Crippen molar-refractivity contribution in [1.29, 1.82) is 0 Å². The minimum atomic E-state index is -0.440. The first-order chi connectivity index (χ1) is 20.8. The zero-order chi connectivity index (χ0) is 30.1. The van der Waals surface area contributed by atoms with Crippen LogP contribution in [-0.2, 0) is 6.54 Å². The number of carbonyl (C=O) groups is 2. The van der Waals surface area contributed by atoms with Crippen molar-refractivity contribution in [3.8, 4) is 11.5 Å². The van der Waals surface area contributed by atoms with Gasteiger partial charge in [-0.2, -0.15) is 0 Å². The Hall–Kier alpha value is -5.12. The van der Waals surface area contributed by atoms with Crippen molar-refractivity contribution in [3.63, 3.8) is 0 Å². The van der Waals surface area contributed by atoms with Gasteiger partial charge in [-0.15, -0.1) is 0 Å². The lowest BCUT2D eigenvalue weighted by atomic mass is 9.83. The number of aromatic nitrogens is 1. The van der Waals surface area contributed by atoms with Crippen molar-refractivity contribution in [2.24, 2.45) is 5.92 Å². The number of pyridine rings is 1. The Balaban J connectivity index is 1.32. The van der Waals surface area contributed by atoms with E-state index < -0.39 is 11.7 Å². The zero-order valence-electron chi connectivity index (χ0n) is 23.8. The molecule has 1 fully saturated rings. The molecular formula is C33H31FN4O5. The number of hydrogen-bond donors (Lipinski definition) is 2. The number of benzene rings is 3. The third-order valence-electron chi connectivity index (χ3n) is 8.08. The van der Waals surface area contributed by atoms with Gasteiger partial charge in [0.1, 0.15) is 5.82 Å². The second kappa shape index (κ2) is 11.6. The highest BCUT2D eigenvalue weighted by Gasteiger charge is 2.35. The maximum absolute atomic E-state index is 13.5. The predicted molar refractivity (Wildman–Crippen MR) is 162 cm³/mol. The van der Waals surface area contributed by atoms with Gasteiger partial charge in [0.05, 0.1) is 25.6 Å². The number of halogens is 1. The van der Waals surface area contributed by atoms with E-state index >= 15 is 0 Å². The second-order valence-electron chi connectivity index (χ2n) is 10.8. The van der Waals surface area contributed by atoms with Gasteiger partial charge in [-0.1, -0.05) is 6.07 Å². The minimum absolute atomic E-state index is 0.0118. The topological polar surface area (TPSA) is 102 Å². The molecule has 220 valence electrons. The van der Waals surface area contributed by atoms with Crippen LogP contribution in [0, 0.1) is 11.7 Å². The van der Waals surface area contributed by atoms with Gasteiger partial charge in [0.2, 0.25) is 0 Å². The van der Waals surface area contributed by atoms with E-state index in [1.807, 2.05) is 16.7 Å². The number of nitrogens with one attached hydrogen (secondary N) is 2. The van der Waals surface area contributed by atoms with E-state index in [-0.39, 0.29) is 28.9 Å². The van der Waals surface area contributed by atoms with Crippen LogP contribution in [0.4, 0.5) is 21.5 Å². The maximum atomic E-state index is 13.5. The summed E-state index contributed by atoms with van der Waals surface area (Å²) in [5.41, 5.74) is 3.38. The van der Waals surface area contributed by atoms with E-state index in [1.165, 1.54) is 38.5 Å². The number of ether oxygens (including phenoxy) is 2. The molecular weight excluding hydrogens is 551 g/mol. The molecule has 9 nitrogen and oxygen atoms in total.